The van der Waals surface area contributed by atoms with Gasteiger partial charge in [0.15, 0.2) is 0 Å². The number of carbonyl (C=O) groups is 1. The first-order valence-electron chi connectivity index (χ1n) is 7.04. The molecule has 1 aliphatic carbocycles. The van der Waals surface area contributed by atoms with Crippen LogP contribution in [0.1, 0.15) is 46.5 Å². The van der Waals surface area contributed by atoms with Gasteiger partial charge in [-0.15, -0.1) is 0 Å². The van der Waals surface area contributed by atoms with Gasteiger partial charge in [0, 0.05) is 6.54 Å². The fraction of sp³-hybridized carbons (Fsp3) is 0.929. The number of hydrogen-bond acceptors (Lipinski definition) is 2. The number of nitrogens with one attached hydrogen (secondary N) is 2. The second-order valence-electron chi connectivity index (χ2n) is 6.48. The molecule has 3 nitrogen and oxygen atoms in total. The van der Waals surface area contributed by atoms with Gasteiger partial charge in [-0.2, -0.15) is 0 Å². The molecule has 1 heterocycles. The van der Waals surface area contributed by atoms with Gasteiger partial charge in [-0.25, -0.2) is 0 Å². The average Bonchev–Trinajstić information content (AvgIpc) is 2.87. The van der Waals surface area contributed by atoms with Crippen LogP contribution in [-0.2, 0) is 4.79 Å². The molecular weight excluding hydrogens is 212 g/mol. The van der Waals surface area contributed by atoms with Crippen molar-refractivity contribution in [3.8, 4) is 0 Å². The van der Waals surface area contributed by atoms with E-state index in [2.05, 4.69) is 31.4 Å². The monoisotopic (exact) mass is 238 g/mol. The van der Waals surface area contributed by atoms with E-state index in [1.807, 2.05) is 0 Å². The molecule has 0 bridgehead atoms. The number of amides is 1. The van der Waals surface area contributed by atoms with Gasteiger partial charge in [0.1, 0.15) is 0 Å². The Kier molecular flexibility index (Phi) is 3.76. The maximum absolute atomic E-state index is 12.2. The van der Waals surface area contributed by atoms with Crippen LogP contribution in [-0.4, -0.2) is 25.0 Å². The third-order valence-electron chi connectivity index (χ3n) is 4.73. The van der Waals surface area contributed by atoms with Gasteiger partial charge in [-0.1, -0.05) is 27.2 Å². The Morgan fingerprint density at radius 3 is 2.88 bits per heavy atom. The molecule has 0 radical (unpaired) electrons. The number of rotatable bonds is 4. The summed E-state index contributed by atoms with van der Waals surface area (Å²) in [5, 5.41) is 6.53. The molecule has 98 valence electrons. The molecular formula is C14H26N2O. The third-order valence-corrected chi connectivity index (χ3v) is 4.73. The zero-order valence-corrected chi connectivity index (χ0v) is 11.4. The molecule has 3 unspecified atom stereocenters. The summed E-state index contributed by atoms with van der Waals surface area (Å²) in [6, 6.07) is 0.0788. The van der Waals surface area contributed by atoms with Crippen LogP contribution in [0.2, 0.25) is 0 Å². The van der Waals surface area contributed by atoms with E-state index in [9.17, 15) is 4.79 Å². The average molecular weight is 238 g/mol. The van der Waals surface area contributed by atoms with Gasteiger partial charge in [0.25, 0.3) is 0 Å². The molecule has 1 aliphatic heterocycles. The lowest BCUT2D eigenvalue weighted by Crippen LogP contribution is -2.46. The van der Waals surface area contributed by atoms with Gasteiger partial charge >= 0.3 is 0 Å². The lowest BCUT2D eigenvalue weighted by Gasteiger charge is -2.25. The summed E-state index contributed by atoms with van der Waals surface area (Å²) in [6.45, 7) is 8.41. The van der Waals surface area contributed by atoms with Crippen LogP contribution >= 0.6 is 0 Å². The van der Waals surface area contributed by atoms with E-state index in [-0.39, 0.29) is 17.4 Å². The minimum Gasteiger partial charge on any atom is -0.354 e. The SMILES string of the molecule is CCC(C)(C)CNC(=O)C1NCC2CCCC21. The van der Waals surface area contributed by atoms with Crippen LogP contribution in [0.5, 0.6) is 0 Å². The minimum absolute atomic E-state index is 0.0788. The zero-order valence-electron chi connectivity index (χ0n) is 11.4. The lowest BCUT2D eigenvalue weighted by atomic mass is 9.89. The van der Waals surface area contributed by atoms with Crippen molar-refractivity contribution in [3.63, 3.8) is 0 Å². The van der Waals surface area contributed by atoms with Crippen molar-refractivity contribution in [1.82, 2.24) is 10.6 Å². The molecule has 0 spiro atoms. The molecule has 3 heteroatoms. The fourth-order valence-electron chi connectivity index (χ4n) is 3.04. The first kappa shape index (κ1) is 12.9. The first-order valence-corrected chi connectivity index (χ1v) is 7.04. The van der Waals surface area contributed by atoms with Crippen LogP contribution in [0.4, 0.5) is 0 Å². The fourth-order valence-corrected chi connectivity index (χ4v) is 3.04. The molecule has 17 heavy (non-hydrogen) atoms. The summed E-state index contributed by atoms with van der Waals surface area (Å²) in [4.78, 5) is 12.2. The molecule has 1 saturated heterocycles. The Morgan fingerprint density at radius 1 is 1.41 bits per heavy atom. The van der Waals surface area contributed by atoms with E-state index >= 15 is 0 Å². The maximum atomic E-state index is 12.2. The topological polar surface area (TPSA) is 41.1 Å². The van der Waals surface area contributed by atoms with Crippen LogP contribution in [0.15, 0.2) is 0 Å². The summed E-state index contributed by atoms with van der Waals surface area (Å²) in [5.74, 6) is 1.57. The molecule has 2 aliphatic rings. The Bertz CT molecular complexity index is 288. The largest absolute Gasteiger partial charge is 0.354 e. The molecule has 3 atom stereocenters. The lowest BCUT2D eigenvalue weighted by molar-refractivity contribution is -0.124. The predicted molar refractivity (Wildman–Crippen MR) is 69.7 cm³/mol. The van der Waals surface area contributed by atoms with Crippen molar-refractivity contribution < 1.29 is 4.79 Å². The molecule has 0 aromatic heterocycles. The van der Waals surface area contributed by atoms with E-state index in [0.29, 0.717) is 5.92 Å². The number of carbonyl (C=O) groups excluding carboxylic acids is 1. The Labute approximate surface area is 105 Å². The van der Waals surface area contributed by atoms with Gasteiger partial charge in [0.05, 0.1) is 6.04 Å². The van der Waals surface area contributed by atoms with E-state index in [4.69, 9.17) is 0 Å². The summed E-state index contributed by atoms with van der Waals surface area (Å²) in [7, 11) is 0. The molecule has 1 saturated carbocycles. The maximum Gasteiger partial charge on any atom is 0.237 e. The second kappa shape index (κ2) is 4.97. The van der Waals surface area contributed by atoms with E-state index < -0.39 is 0 Å². The predicted octanol–water partition coefficient (Wildman–Crippen LogP) is 1.93. The van der Waals surface area contributed by atoms with E-state index in [1.54, 1.807) is 0 Å². The smallest absolute Gasteiger partial charge is 0.237 e. The molecule has 0 aromatic rings. The second-order valence-corrected chi connectivity index (χ2v) is 6.48. The highest BCUT2D eigenvalue weighted by atomic mass is 16.2. The van der Waals surface area contributed by atoms with Crippen molar-refractivity contribution in [1.29, 1.82) is 0 Å². The Hall–Kier alpha value is -0.570. The minimum atomic E-state index is 0.0788. The van der Waals surface area contributed by atoms with Crippen molar-refractivity contribution in [2.24, 2.45) is 17.3 Å². The standard InChI is InChI=1S/C14H26N2O/c1-4-14(2,3)9-16-13(17)12-11-7-5-6-10(11)8-15-12/h10-12,15H,4-9H2,1-3H3,(H,16,17). The van der Waals surface area contributed by atoms with Crippen molar-refractivity contribution >= 4 is 5.91 Å². The molecule has 1 amide bonds. The van der Waals surface area contributed by atoms with Crippen molar-refractivity contribution in [2.75, 3.05) is 13.1 Å². The molecule has 2 fully saturated rings. The van der Waals surface area contributed by atoms with Crippen molar-refractivity contribution in [2.45, 2.75) is 52.5 Å². The normalized spacial score (nSPS) is 32.5. The van der Waals surface area contributed by atoms with Crippen LogP contribution in [0, 0.1) is 17.3 Å². The van der Waals surface area contributed by atoms with Crippen LogP contribution < -0.4 is 10.6 Å². The van der Waals surface area contributed by atoms with Gasteiger partial charge < -0.3 is 10.6 Å². The van der Waals surface area contributed by atoms with Gasteiger partial charge in [0.2, 0.25) is 5.91 Å². The molecule has 2 N–H and O–H groups in total. The number of hydrogen-bond donors (Lipinski definition) is 2. The quantitative estimate of drug-likeness (QED) is 0.786. The summed E-state index contributed by atoms with van der Waals surface area (Å²) < 4.78 is 0. The van der Waals surface area contributed by atoms with Crippen LogP contribution in [0.3, 0.4) is 0 Å². The highest BCUT2D eigenvalue weighted by Crippen LogP contribution is 2.37. The van der Waals surface area contributed by atoms with Gasteiger partial charge in [-0.3, -0.25) is 4.79 Å². The summed E-state index contributed by atoms with van der Waals surface area (Å²) in [5.41, 5.74) is 0.212. The van der Waals surface area contributed by atoms with Crippen LogP contribution in [0.25, 0.3) is 0 Å². The van der Waals surface area contributed by atoms with Gasteiger partial charge in [-0.05, 0) is 43.1 Å². The first-order chi connectivity index (χ1) is 8.03. The highest BCUT2D eigenvalue weighted by Gasteiger charge is 2.42. The third kappa shape index (κ3) is 2.82. The van der Waals surface area contributed by atoms with Crippen molar-refractivity contribution in [3.05, 3.63) is 0 Å². The molecule has 0 aromatic carbocycles. The summed E-state index contributed by atoms with van der Waals surface area (Å²) in [6.07, 6.45) is 4.94. The highest BCUT2D eigenvalue weighted by molar-refractivity contribution is 5.82. The summed E-state index contributed by atoms with van der Waals surface area (Å²) >= 11 is 0. The zero-order chi connectivity index (χ0) is 12.5. The Morgan fingerprint density at radius 2 is 2.18 bits per heavy atom. The van der Waals surface area contributed by atoms with E-state index in [1.165, 1.54) is 19.3 Å². The van der Waals surface area contributed by atoms with E-state index in [0.717, 1.165) is 25.4 Å². The molecule has 2 rings (SSSR count). The Balaban J connectivity index is 1.84. The number of fused-ring (bicyclic) bond motifs is 1.